The molecule has 0 amide bonds. The predicted molar refractivity (Wildman–Crippen MR) is 94.9 cm³/mol. The summed E-state index contributed by atoms with van der Waals surface area (Å²) < 4.78 is 29.4. The Morgan fingerprint density at radius 3 is 2.60 bits per heavy atom. The largest absolute Gasteiger partial charge is 0.497 e. The van der Waals surface area contributed by atoms with Crippen LogP contribution in [-0.2, 0) is 4.74 Å². The summed E-state index contributed by atoms with van der Waals surface area (Å²) in [7, 11) is 3.30. The summed E-state index contributed by atoms with van der Waals surface area (Å²) in [6.07, 6.45) is 0.943. The van der Waals surface area contributed by atoms with E-state index in [9.17, 15) is 4.39 Å². The lowest BCUT2D eigenvalue weighted by Gasteiger charge is -2.18. The molecule has 0 spiro atoms. The first-order valence-electron chi connectivity index (χ1n) is 8.49. The molecule has 1 saturated heterocycles. The molecule has 25 heavy (non-hydrogen) atoms. The average molecular weight is 345 g/mol. The van der Waals surface area contributed by atoms with Gasteiger partial charge in [0.05, 0.1) is 13.7 Å². The normalized spacial score (nSPS) is 19.8. The number of halogens is 1. The van der Waals surface area contributed by atoms with Crippen molar-refractivity contribution in [2.45, 2.75) is 18.4 Å². The third-order valence-electron chi connectivity index (χ3n) is 4.61. The Morgan fingerprint density at radius 2 is 1.88 bits per heavy atom. The van der Waals surface area contributed by atoms with E-state index in [1.165, 1.54) is 12.1 Å². The van der Waals surface area contributed by atoms with Gasteiger partial charge < -0.3 is 19.5 Å². The lowest BCUT2D eigenvalue weighted by Crippen LogP contribution is -2.15. The monoisotopic (exact) mass is 345 g/mol. The van der Waals surface area contributed by atoms with Crippen LogP contribution in [0.5, 0.6) is 11.5 Å². The van der Waals surface area contributed by atoms with Gasteiger partial charge in [-0.3, -0.25) is 0 Å². The van der Waals surface area contributed by atoms with E-state index in [2.05, 4.69) is 5.32 Å². The highest BCUT2D eigenvalue weighted by Crippen LogP contribution is 2.38. The second-order valence-electron chi connectivity index (χ2n) is 6.19. The van der Waals surface area contributed by atoms with Crippen LogP contribution in [0.1, 0.15) is 29.5 Å². The van der Waals surface area contributed by atoms with Gasteiger partial charge in [0, 0.05) is 31.3 Å². The summed E-state index contributed by atoms with van der Waals surface area (Å²) >= 11 is 0. The maximum absolute atomic E-state index is 13.1. The SMILES string of the molecule is COCCOc1cc(OC)ccc1C1CC(c2ccc(F)cc2)CN1. The highest BCUT2D eigenvalue weighted by atomic mass is 19.1. The van der Waals surface area contributed by atoms with E-state index < -0.39 is 0 Å². The Labute approximate surface area is 147 Å². The zero-order valence-corrected chi connectivity index (χ0v) is 14.6. The zero-order chi connectivity index (χ0) is 17.6. The number of nitrogens with one attached hydrogen (secondary N) is 1. The van der Waals surface area contributed by atoms with Crippen molar-refractivity contribution in [3.8, 4) is 11.5 Å². The molecule has 2 aromatic carbocycles. The van der Waals surface area contributed by atoms with Gasteiger partial charge in [0.15, 0.2) is 0 Å². The Morgan fingerprint density at radius 1 is 1.08 bits per heavy atom. The molecule has 1 N–H and O–H groups in total. The summed E-state index contributed by atoms with van der Waals surface area (Å²) in [6, 6.07) is 12.9. The fourth-order valence-corrected chi connectivity index (χ4v) is 3.25. The van der Waals surface area contributed by atoms with E-state index in [0.717, 1.165) is 35.6 Å². The van der Waals surface area contributed by atoms with Crippen LogP contribution in [0, 0.1) is 5.82 Å². The fraction of sp³-hybridized carbons (Fsp3) is 0.400. The van der Waals surface area contributed by atoms with Crippen LogP contribution in [0.3, 0.4) is 0 Å². The van der Waals surface area contributed by atoms with Crippen molar-refractivity contribution in [2.75, 3.05) is 34.0 Å². The minimum absolute atomic E-state index is 0.193. The van der Waals surface area contributed by atoms with Crippen LogP contribution in [0.2, 0.25) is 0 Å². The Kier molecular flexibility index (Phi) is 5.89. The topological polar surface area (TPSA) is 39.7 Å². The number of hydrogen-bond acceptors (Lipinski definition) is 4. The van der Waals surface area contributed by atoms with Gasteiger partial charge in [0.1, 0.15) is 23.9 Å². The molecule has 0 radical (unpaired) electrons. The molecule has 1 aliphatic heterocycles. The molecule has 1 fully saturated rings. The van der Waals surface area contributed by atoms with E-state index in [-0.39, 0.29) is 11.9 Å². The number of methoxy groups -OCH3 is 2. The highest BCUT2D eigenvalue weighted by molar-refractivity contribution is 5.43. The third kappa shape index (κ3) is 4.30. The molecule has 2 atom stereocenters. The summed E-state index contributed by atoms with van der Waals surface area (Å²) in [6.45, 7) is 1.89. The van der Waals surface area contributed by atoms with Crippen LogP contribution in [-0.4, -0.2) is 34.0 Å². The van der Waals surface area contributed by atoms with Crippen molar-refractivity contribution >= 4 is 0 Å². The third-order valence-corrected chi connectivity index (χ3v) is 4.61. The Hall–Kier alpha value is -2.11. The van der Waals surface area contributed by atoms with Gasteiger partial charge in [-0.2, -0.15) is 0 Å². The van der Waals surface area contributed by atoms with E-state index >= 15 is 0 Å². The van der Waals surface area contributed by atoms with E-state index in [1.54, 1.807) is 14.2 Å². The second kappa shape index (κ2) is 8.32. The summed E-state index contributed by atoms with van der Waals surface area (Å²) in [4.78, 5) is 0. The predicted octanol–water partition coefficient (Wildman–Crippen LogP) is 3.68. The van der Waals surface area contributed by atoms with Gasteiger partial charge in [0.25, 0.3) is 0 Å². The lowest BCUT2D eigenvalue weighted by molar-refractivity contribution is 0.145. The van der Waals surface area contributed by atoms with Crippen molar-refractivity contribution in [1.82, 2.24) is 5.32 Å². The zero-order valence-electron chi connectivity index (χ0n) is 14.6. The van der Waals surface area contributed by atoms with Gasteiger partial charge in [-0.05, 0) is 36.1 Å². The van der Waals surface area contributed by atoms with Crippen molar-refractivity contribution in [2.24, 2.45) is 0 Å². The lowest BCUT2D eigenvalue weighted by atomic mass is 9.93. The molecule has 2 aromatic rings. The highest BCUT2D eigenvalue weighted by Gasteiger charge is 2.28. The Balaban J connectivity index is 1.75. The first-order chi connectivity index (χ1) is 12.2. The van der Waals surface area contributed by atoms with Gasteiger partial charge in [-0.15, -0.1) is 0 Å². The number of benzene rings is 2. The van der Waals surface area contributed by atoms with Crippen LogP contribution in [0.25, 0.3) is 0 Å². The van der Waals surface area contributed by atoms with Crippen molar-refractivity contribution in [3.05, 3.63) is 59.4 Å². The summed E-state index contributed by atoms with van der Waals surface area (Å²) in [5.41, 5.74) is 2.27. The van der Waals surface area contributed by atoms with Gasteiger partial charge in [0.2, 0.25) is 0 Å². The smallest absolute Gasteiger partial charge is 0.127 e. The van der Waals surface area contributed by atoms with Crippen LogP contribution >= 0.6 is 0 Å². The molecule has 1 heterocycles. The first-order valence-corrected chi connectivity index (χ1v) is 8.49. The fourth-order valence-electron chi connectivity index (χ4n) is 3.25. The first kappa shape index (κ1) is 17.7. The maximum Gasteiger partial charge on any atom is 0.127 e. The molecule has 1 aliphatic rings. The minimum Gasteiger partial charge on any atom is -0.497 e. The molecular weight excluding hydrogens is 321 g/mol. The van der Waals surface area contributed by atoms with Crippen molar-refractivity contribution < 1.29 is 18.6 Å². The molecule has 134 valence electrons. The number of hydrogen-bond donors (Lipinski definition) is 1. The minimum atomic E-state index is -0.199. The summed E-state index contributed by atoms with van der Waals surface area (Å²) in [5.74, 6) is 1.74. The molecule has 0 saturated carbocycles. The number of rotatable bonds is 7. The van der Waals surface area contributed by atoms with Crippen LogP contribution in [0.4, 0.5) is 4.39 Å². The standard InChI is InChI=1S/C20H24FNO3/c1-23-9-10-25-20-12-17(24-2)7-8-18(20)19-11-15(13-22-19)14-3-5-16(21)6-4-14/h3-8,12,15,19,22H,9-11,13H2,1-2H3. The van der Waals surface area contributed by atoms with Crippen molar-refractivity contribution in [1.29, 1.82) is 0 Å². The Bertz CT molecular complexity index is 690. The maximum atomic E-state index is 13.1. The molecule has 0 aromatic heterocycles. The average Bonchev–Trinajstić information content (AvgIpc) is 3.12. The molecule has 0 aliphatic carbocycles. The van der Waals surface area contributed by atoms with Crippen LogP contribution in [0.15, 0.2) is 42.5 Å². The van der Waals surface area contributed by atoms with E-state index in [0.29, 0.717) is 19.1 Å². The molecular formula is C20H24FNO3. The van der Waals surface area contributed by atoms with Gasteiger partial charge in [-0.25, -0.2) is 4.39 Å². The summed E-state index contributed by atoms with van der Waals surface area (Å²) in [5, 5.41) is 3.56. The van der Waals surface area contributed by atoms with Crippen molar-refractivity contribution in [3.63, 3.8) is 0 Å². The second-order valence-corrected chi connectivity index (χ2v) is 6.19. The quantitative estimate of drug-likeness (QED) is 0.777. The van der Waals surface area contributed by atoms with E-state index in [1.807, 2.05) is 30.3 Å². The molecule has 4 nitrogen and oxygen atoms in total. The molecule has 5 heteroatoms. The van der Waals surface area contributed by atoms with Gasteiger partial charge in [-0.1, -0.05) is 18.2 Å². The molecule has 3 rings (SSSR count). The molecule has 0 bridgehead atoms. The molecule has 2 unspecified atom stereocenters. The van der Waals surface area contributed by atoms with Gasteiger partial charge >= 0.3 is 0 Å². The van der Waals surface area contributed by atoms with Crippen LogP contribution < -0.4 is 14.8 Å². The number of ether oxygens (including phenoxy) is 3. The van der Waals surface area contributed by atoms with E-state index in [4.69, 9.17) is 14.2 Å².